The van der Waals surface area contributed by atoms with Crippen LogP contribution >= 0.6 is 0 Å². The molecule has 0 atom stereocenters. The average molecular weight is 262 g/mol. The SMILES string of the molecule is COc1ccc(N2CCCC3(CNC3)C2)cc1OC. The first kappa shape index (κ1) is 12.6. The number of hydrogen-bond donors (Lipinski definition) is 1. The zero-order valence-electron chi connectivity index (χ0n) is 11.7. The number of benzene rings is 1. The van der Waals surface area contributed by atoms with Crippen LogP contribution < -0.4 is 19.7 Å². The third kappa shape index (κ3) is 2.25. The first-order valence-corrected chi connectivity index (χ1v) is 6.94. The molecule has 19 heavy (non-hydrogen) atoms. The van der Waals surface area contributed by atoms with Crippen LogP contribution in [0.15, 0.2) is 18.2 Å². The Labute approximate surface area is 114 Å². The molecule has 1 N–H and O–H groups in total. The zero-order valence-corrected chi connectivity index (χ0v) is 11.7. The molecular formula is C15H22N2O2. The van der Waals surface area contributed by atoms with Gasteiger partial charge in [-0.15, -0.1) is 0 Å². The van der Waals surface area contributed by atoms with Gasteiger partial charge in [-0.25, -0.2) is 0 Å². The Bertz CT molecular complexity index is 457. The fraction of sp³-hybridized carbons (Fsp3) is 0.600. The maximum absolute atomic E-state index is 5.40. The van der Waals surface area contributed by atoms with E-state index in [2.05, 4.69) is 22.3 Å². The molecule has 0 saturated carbocycles. The molecule has 2 aliphatic rings. The highest BCUT2D eigenvalue weighted by Crippen LogP contribution is 2.38. The molecule has 2 fully saturated rings. The van der Waals surface area contributed by atoms with E-state index in [1.54, 1.807) is 14.2 Å². The first-order valence-electron chi connectivity index (χ1n) is 6.94. The third-order valence-electron chi connectivity index (χ3n) is 4.39. The number of hydrogen-bond acceptors (Lipinski definition) is 4. The molecule has 104 valence electrons. The Morgan fingerprint density at radius 1 is 1.16 bits per heavy atom. The second kappa shape index (κ2) is 4.93. The average Bonchev–Trinajstić information content (AvgIpc) is 2.45. The van der Waals surface area contributed by atoms with Crippen LogP contribution in [0.4, 0.5) is 5.69 Å². The lowest BCUT2D eigenvalue weighted by Gasteiger charge is -2.50. The zero-order chi connectivity index (χ0) is 13.3. The summed E-state index contributed by atoms with van der Waals surface area (Å²) in [4.78, 5) is 2.48. The van der Waals surface area contributed by atoms with E-state index in [-0.39, 0.29) is 0 Å². The summed E-state index contributed by atoms with van der Waals surface area (Å²) < 4.78 is 10.7. The van der Waals surface area contributed by atoms with Crippen molar-refractivity contribution in [3.8, 4) is 11.5 Å². The van der Waals surface area contributed by atoms with Gasteiger partial charge in [0.15, 0.2) is 11.5 Å². The Hall–Kier alpha value is -1.42. The molecule has 1 aromatic rings. The molecule has 0 unspecified atom stereocenters. The molecule has 2 saturated heterocycles. The van der Waals surface area contributed by atoms with Crippen LogP contribution in [0.2, 0.25) is 0 Å². The van der Waals surface area contributed by atoms with Gasteiger partial charge < -0.3 is 19.7 Å². The van der Waals surface area contributed by atoms with E-state index in [0.29, 0.717) is 5.41 Å². The van der Waals surface area contributed by atoms with Gasteiger partial charge in [-0.3, -0.25) is 0 Å². The van der Waals surface area contributed by atoms with Crippen LogP contribution in [0.5, 0.6) is 11.5 Å². The standard InChI is InChI=1S/C15H22N2O2/c1-18-13-5-4-12(8-14(13)19-2)17-7-3-6-15(11-17)9-16-10-15/h4-5,8,16H,3,6-7,9-11H2,1-2H3. The van der Waals surface area contributed by atoms with E-state index in [4.69, 9.17) is 9.47 Å². The van der Waals surface area contributed by atoms with Gasteiger partial charge in [0.25, 0.3) is 0 Å². The highest BCUT2D eigenvalue weighted by atomic mass is 16.5. The van der Waals surface area contributed by atoms with Crippen molar-refractivity contribution in [2.75, 3.05) is 45.3 Å². The Kier molecular flexibility index (Phi) is 3.27. The summed E-state index contributed by atoms with van der Waals surface area (Å²) in [7, 11) is 3.36. The summed E-state index contributed by atoms with van der Waals surface area (Å²) in [5, 5.41) is 3.41. The lowest BCUT2D eigenvalue weighted by molar-refractivity contribution is 0.138. The number of methoxy groups -OCH3 is 2. The Morgan fingerprint density at radius 3 is 2.58 bits per heavy atom. The molecule has 2 heterocycles. The molecule has 4 heteroatoms. The lowest BCUT2D eigenvalue weighted by atomic mass is 9.75. The quantitative estimate of drug-likeness (QED) is 0.902. The minimum absolute atomic E-state index is 0.505. The van der Waals surface area contributed by atoms with Crippen molar-refractivity contribution in [2.24, 2.45) is 5.41 Å². The van der Waals surface area contributed by atoms with Gasteiger partial charge >= 0.3 is 0 Å². The van der Waals surface area contributed by atoms with Gasteiger partial charge in [-0.05, 0) is 25.0 Å². The number of anilines is 1. The highest BCUT2D eigenvalue weighted by molar-refractivity contribution is 5.57. The van der Waals surface area contributed by atoms with Crippen molar-refractivity contribution >= 4 is 5.69 Å². The number of piperidine rings is 1. The second-order valence-electron chi connectivity index (χ2n) is 5.67. The van der Waals surface area contributed by atoms with Crippen molar-refractivity contribution in [3.05, 3.63) is 18.2 Å². The molecule has 1 spiro atoms. The van der Waals surface area contributed by atoms with Crippen molar-refractivity contribution in [1.82, 2.24) is 5.32 Å². The number of nitrogens with zero attached hydrogens (tertiary/aromatic N) is 1. The molecule has 1 aromatic carbocycles. The van der Waals surface area contributed by atoms with Crippen molar-refractivity contribution in [3.63, 3.8) is 0 Å². The molecule has 3 rings (SSSR count). The summed E-state index contributed by atoms with van der Waals surface area (Å²) in [5.41, 5.74) is 1.74. The Morgan fingerprint density at radius 2 is 1.95 bits per heavy atom. The lowest BCUT2D eigenvalue weighted by Crippen LogP contribution is -2.61. The summed E-state index contributed by atoms with van der Waals surface area (Å²) in [5.74, 6) is 1.61. The van der Waals surface area contributed by atoms with Crippen molar-refractivity contribution < 1.29 is 9.47 Å². The van der Waals surface area contributed by atoms with Gasteiger partial charge in [-0.2, -0.15) is 0 Å². The van der Waals surface area contributed by atoms with Crippen LogP contribution in [0.3, 0.4) is 0 Å². The fourth-order valence-corrected chi connectivity index (χ4v) is 3.22. The van der Waals surface area contributed by atoms with E-state index >= 15 is 0 Å². The molecule has 0 amide bonds. The van der Waals surface area contributed by atoms with Gasteiger partial charge in [0, 0.05) is 43.3 Å². The molecule has 0 radical (unpaired) electrons. The van der Waals surface area contributed by atoms with Crippen molar-refractivity contribution in [2.45, 2.75) is 12.8 Å². The number of nitrogens with one attached hydrogen (secondary N) is 1. The molecule has 0 bridgehead atoms. The van der Waals surface area contributed by atoms with Gasteiger partial charge in [0.05, 0.1) is 14.2 Å². The molecule has 0 aromatic heterocycles. The molecule has 2 aliphatic heterocycles. The maximum Gasteiger partial charge on any atom is 0.162 e. The normalized spacial score (nSPS) is 21.1. The molecule has 4 nitrogen and oxygen atoms in total. The van der Waals surface area contributed by atoms with Crippen LogP contribution in [0.25, 0.3) is 0 Å². The van der Waals surface area contributed by atoms with Crippen LogP contribution in [-0.4, -0.2) is 40.4 Å². The highest BCUT2D eigenvalue weighted by Gasteiger charge is 2.40. The van der Waals surface area contributed by atoms with Gasteiger partial charge in [0.2, 0.25) is 0 Å². The minimum atomic E-state index is 0.505. The minimum Gasteiger partial charge on any atom is -0.493 e. The van der Waals surface area contributed by atoms with Crippen LogP contribution in [-0.2, 0) is 0 Å². The summed E-state index contributed by atoms with van der Waals surface area (Å²) in [6.45, 7) is 4.61. The predicted octanol–water partition coefficient (Wildman–Crippen LogP) is 1.89. The van der Waals surface area contributed by atoms with E-state index < -0.39 is 0 Å². The number of rotatable bonds is 3. The topological polar surface area (TPSA) is 33.7 Å². The largest absolute Gasteiger partial charge is 0.493 e. The smallest absolute Gasteiger partial charge is 0.162 e. The fourth-order valence-electron chi connectivity index (χ4n) is 3.22. The van der Waals surface area contributed by atoms with Crippen LogP contribution in [0, 0.1) is 5.41 Å². The van der Waals surface area contributed by atoms with Crippen molar-refractivity contribution in [1.29, 1.82) is 0 Å². The van der Waals surface area contributed by atoms with E-state index in [9.17, 15) is 0 Å². The summed E-state index contributed by atoms with van der Waals surface area (Å²) >= 11 is 0. The summed E-state index contributed by atoms with van der Waals surface area (Å²) in [6.07, 6.45) is 2.62. The van der Waals surface area contributed by atoms with Crippen LogP contribution in [0.1, 0.15) is 12.8 Å². The first-order chi connectivity index (χ1) is 9.26. The molecular weight excluding hydrogens is 240 g/mol. The van der Waals surface area contributed by atoms with Gasteiger partial charge in [-0.1, -0.05) is 0 Å². The summed E-state index contributed by atoms with van der Waals surface area (Å²) in [6, 6.07) is 6.21. The van der Waals surface area contributed by atoms with E-state index in [1.807, 2.05) is 6.07 Å². The Balaban J connectivity index is 1.81. The monoisotopic (exact) mass is 262 g/mol. The predicted molar refractivity (Wildman–Crippen MR) is 76.3 cm³/mol. The van der Waals surface area contributed by atoms with E-state index in [1.165, 1.54) is 18.5 Å². The third-order valence-corrected chi connectivity index (χ3v) is 4.39. The van der Waals surface area contributed by atoms with E-state index in [0.717, 1.165) is 37.7 Å². The maximum atomic E-state index is 5.40. The second-order valence-corrected chi connectivity index (χ2v) is 5.67. The number of ether oxygens (including phenoxy) is 2. The van der Waals surface area contributed by atoms with Gasteiger partial charge in [0.1, 0.15) is 0 Å². The molecule has 0 aliphatic carbocycles.